The Labute approximate surface area is 264 Å². The number of carbonyl (C=O) groups is 1. The summed E-state index contributed by atoms with van der Waals surface area (Å²) in [4.78, 5) is 12.9. The maximum atomic E-state index is 12.9. The van der Waals surface area contributed by atoms with E-state index in [0.29, 0.717) is 5.56 Å². The van der Waals surface area contributed by atoms with E-state index in [1.54, 1.807) is 38.1 Å². The average Bonchev–Trinajstić information content (AvgIpc) is 3.37. The number of benzene rings is 3. The molecule has 0 saturated carbocycles. The number of rotatable bonds is 13. The van der Waals surface area contributed by atoms with Crippen molar-refractivity contribution in [3.63, 3.8) is 0 Å². The summed E-state index contributed by atoms with van der Waals surface area (Å²) in [5, 5.41) is 22.2. The summed E-state index contributed by atoms with van der Waals surface area (Å²) >= 11 is 0. The summed E-state index contributed by atoms with van der Waals surface area (Å²) in [6, 6.07) is 28.0. The minimum atomic E-state index is -1.14. The highest BCUT2D eigenvalue weighted by Gasteiger charge is 2.51. The molecule has 0 aromatic heterocycles. The highest BCUT2D eigenvalue weighted by atomic mass is 16.8. The Morgan fingerprint density at radius 1 is 0.844 bits per heavy atom. The van der Waals surface area contributed by atoms with Gasteiger partial charge in [-0.05, 0) is 43.2 Å². The zero-order chi connectivity index (χ0) is 31.8. The van der Waals surface area contributed by atoms with E-state index in [9.17, 15) is 15.0 Å². The first-order chi connectivity index (χ1) is 21.8. The molecule has 0 radical (unpaired) electrons. The molecule has 2 saturated heterocycles. The van der Waals surface area contributed by atoms with Gasteiger partial charge in [-0.2, -0.15) is 0 Å². The summed E-state index contributed by atoms with van der Waals surface area (Å²) < 4.78 is 37.2. The standard InChI is InChI=1S/C36H42O9/c1-4-27(43-35(39)26-18-12-7-13-19-26)32-29(44-36(2,3)45-32)20-28-31(38)34(41-23-25-16-10-6-11-17-25)33(30(21-37)42-28)40-22-24-14-8-5-9-15-24/h4-19,27-34,37-38H,1,20-23H2,2-3H3/t27-,28+,29+,30+,31-,32+,33+,34+/m0/s1. The Morgan fingerprint density at radius 3 is 1.96 bits per heavy atom. The summed E-state index contributed by atoms with van der Waals surface area (Å²) in [6.07, 6.45) is -4.89. The van der Waals surface area contributed by atoms with Gasteiger partial charge in [0, 0.05) is 6.42 Å². The van der Waals surface area contributed by atoms with Gasteiger partial charge in [-0.15, -0.1) is 0 Å². The Kier molecular flexibility index (Phi) is 11.2. The number of esters is 1. The van der Waals surface area contributed by atoms with Gasteiger partial charge < -0.3 is 38.6 Å². The predicted molar refractivity (Wildman–Crippen MR) is 166 cm³/mol. The summed E-state index contributed by atoms with van der Waals surface area (Å²) in [5.41, 5.74) is 2.27. The lowest BCUT2D eigenvalue weighted by Gasteiger charge is -2.45. The van der Waals surface area contributed by atoms with Crippen LogP contribution in [-0.4, -0.2) is 77.4 Å². The van der Waals surface area contributed by atoms with E-state index in [-0.39, 0.29) is 26.2 Å². The second kappa shape index (κ2) is 15.2. The Morgan fingerprint density at radius 2 is 1.40 bits per heavy atom. The molecule has 0 spiro atoms. The van der Waals surface area contributed by atoms with Crippen LogP contribution in [0, 0.1) is 0 Å². The van der Waals surface area contributed by atoms with Crippen molar-refractivity contribution in [2.24, 2.45) is 0 Å². The molecule has 3 aromatic carbocycles. The molecule has 0 unspecified atom stereocenters. The fourth-order valence-corrected chi connectivity index (χ4v) is 5.84. The van der Waals surface area contributed by atoms with Gasteiger partial charge in [0.2, 0.25) is 0 Å². The Balaban J connectivity index is 1.34. The first-order valence-corrected chi connectivity index (χ1v) is 15.3. The number of ether oxygens (including phenoxy) is 6. The highest BCUT2D eigenvalue weighted by molar-refractivity contribution is 5.89. The van der Waals surface area contributed by atoms with Gasteiger partial charge in [0.1, 0.15) is 36.6 Å². The second-order valence-corrected chi connectivity index (χ2v) is 11.8. The summed E-state index contributed by atoms with van der Waals surface area (Å²) in [5.74, 6) is -1.52. The van der Waals surface area contributed by atoms with Crippen LogP contribution >= 0.6 is 0 Å². The zero-order valence-corrected chi connectivity index (χ0v) is 25.6. The van der Waals surface area contributed by atoms with Crippen molar-refractivity contribution in [3.8, 4) is 0 Å². The predicted octanol–water partition coefficient (Wildman–Crippen LogP) is 4.60. The van der Waals surface area contributed by atoms with Crippen molar-refractivity contribution in [1.82, 2.24) is 0 Å². The molecule has 0 bridgehead atoms. The van der Waals surface area contributed by atoms with Crippen molar-refractivity contribution >= 4 is 5.97 Å². The van der Waals surface area contributed by atoms with Gasteiger partial charge in [0.05, 0.1) is 37.6 Å². The molecule has 2 N–H and O–H groups in total. The smallest absolute Gasteiger partial charge is 0.338 e. The van der Waals surface area contributed by atoms with Crippen molar-refractivity contribution in [3.05, 3.63) is 120 Å². The molecule has 0 amide bonds. The molecule has 3 aromatic rings. The first-order valence-electron chi connectivity index (χ1n) is 15.3. The molecule has 2 aliphatic rings. The first kappa shape index (κ1) is 33.0. The van der Waals surface area contributed by atoms with E-state index in [1.807, 2.05) is 66.7 Å². The lowest BCUT2D eigenvalue weighted by atomic mass is 9.90. The van der Waals surface area contributed by atoms with E-state index in [1.165, 1.54) is 6.08 Å². The van der Waals surface area contributed by atoms with E-state index < -0.39 is 60.6 Å². The van der Waals surface area contributed by atoms with Crippen LogP contribution in [0.4, 0.5) is 0 Å². The summed E-state index contributed by atoms with van der Waals surface area (Å²) in [7, 11) is 0. The van der Waals surface area contributed by atoms with Crippen LogP contribution in [0.15, 0.2) is 104 Å². The molecule has 2 heterocycles. The molecule has 2 aliphatic heterocycles. The van der Waals surface area contributed by atoms with Crippen LogP contribution < -0.4 is 0 Å². The minimum Gasteiger partial charge on any atom is -0.452 e. The lowest BCUT2D eigenvalue weighted by molar-refractivity contribution is -0.263. The molecule has 9 nitrogen and oxygen atoms in total. The Bertz CT molecular complexity index is 1350. The molecule has 45 heavy (non-hydrogen) atoms. The third kappa shape index (κ3) is 8.45. The fourth-order valence-electron chi connectivity index (χ4n) is 5.84. The van der Waals surface area contributed by atoms with E-state index in [0.717, 1.165) is 11.1 Å². The molecule has 8 atom stereocenters. The average molecular weight is 619 g/mol. The van der Waals surface area contributed by atoms with E-state index in [4.69, 9.17) is 28.4 Å². The lowest BCUT2D eigenvalue weighted by Crippen LogP contribution is -2.61. The highest BCUT2D eigenvalue weighted by Crippen LogP contribution is 2.37. The van der Waals surface area contributed by atoms with Crippen LogP contribution in [0.5, 0.6) is 0 Å². The van der Waals surface area contributed by atoms with Gasteiger partial charge >= 0.3 is 5.97 Å². The molecule has 240 valence electrons. The fraction of sp³-hybridized carbons (Fsp3) is 0.417. The molecule has 2 fully saturated rings. The normalized spacial score (nSPS) is 28.3. The quantitative estimate of drug-likeness (QED) is 0.210. The zero-order valence-electron chi connectivity index (χ0n) is 25.6. The molecule has 5 rings (SSSR count). The van der Waals surface area contributed by atoms with Gasteiger partial charge in [-0.1, -0.05) is 85.4 Å². The number of aliphatic hydroxyl groups is 2. The topological polar surface area (TPSA) is 113 Å². The van der Waals surface area contributed by atoms with Crippen LogP contribution in [-0.2, 0) is 41.6 Å². The SMILES string of the molecule is C=C[C@H](OC(=O)c1ccccc1)[C@H]1OC(C)(C)O[C@@H]1C[C@H]1O[C@H](CO)[C@@H](OCc2ccccc2)[C@H](OCc2ccccc2)[C@H]1O. The molecule has 9 heteroatoms. The Hall–Kier alpha value is -3.41. The number of aliphatic hydroxyl groups excluding tert-OH is 2. The maximum absolute atomic E-state index is 12.9. The van der Waals surface area contributed by atoms with Crippen molar-refractivity contribution in [1.29, 1.82) is 0 Å². The third-order valence-electron chi connectivity index (χ3n) is 8.00. The van der Waals surface area contributed by atoms with Crippen LogP contribution in [0.2, 0.25) is 0 Å². The number of carbonyl (C=O) groups excluding carboxylic acids is 1. The molecular formula is C36H42O9. The van der Waals surface area contributed by atoms with Gasteiger partial charge in [-0.3, -0.25) is 0 Å². The van der Waals surface area contributed by atoms with Gasteiger partial charge in [0.25, 0.3) is 0 Å². The molecule has 0 aliphatic carbocycles. The number of hydrogen-bond acceptors (Lipinski definition) is 9. The third-order valence-corrected chi connectivity index (χ3v) is 8.00. The maximum Gasteiger partial charge on any atom is 0.338 e. The summed E-state index contributed by atoms with van der Waals surface area (Å²) in [6.45, 7) is 7.54. The van der Waals surface area contributed by atoms with Gasteiger partial charge in [0.15, 0.2) is 5.79 Å². The number of hydrogen-bond donors (Lipinski definition) is 2. The largest absolute Gasteiger partial charge is 0.452 e. The monoisotopic (exact) mass is 618 g/mol. The van der Waals surface area contributed by atoms with Crippen LogP contribution in [0.25, 0.3) is 0 Å². The van der Waals surface area contributed by atoms with E-state index in [2.05, 4.69) is 6.58 Å². The van der Waals surface area contributed by atoms with E-state index >= 15 is 0 Å². The molecular weight excluding hydrogens is 576 g/mol. The second-order valence-electron chi connectivity index (χ2n) is 11.8. The minimum absolute atomic E-state index is 0.162. The van der Waals surface area contributed by atoms with Crippen molar-refractivity contribution in [2.75, 3.05) is 6.61 Å². The van der Waals surface area contributed by atoms with Crippen LogP contribution in [0.3, 0.4) is 0 Å². The van der Waals surface area contributed by atoms with Crippen molar-refractivity contribution < 1.29 is 43.4 Å². The van der Waals surface area contributed by atoms with Crippen molar-refractivity contribution in [2.45, 2.75) is 88.1 Å². The van der Waals surface area contributed by atoms with Crippen LogP contribution in [0.1, 0.15) is 41.8 Å². The van der Waals surface area contributed by atoms with Gasteiger partial charge in [-0.25, -0.2) is 4.79 Å².